The summed E-state index contributed by atoms with van der Waals surface area (Å²) in [5, 5.41) is 11.7. The van der Waals surface area contributed by atoms with Crippen molar-refractivity contribution >= 4 is 34.8 Å². The van der Waals surface area contributed by atoms with E-state index >= 15 is 0 Å². The molecule has 0 bridgehead atoms. The quantitative estimate of drug-likeness (QED) is 0.273. The first-order chi connectivity index (χ1) is 12.9. The van der Waals surface area contributed by atoms with Gasteiger partial charge in [0.1, 0.15) is 5.01 Å². The lowest BCUT2D eigenvalue weighted by molar-refractivity contribution is -0.384. The van der Waals surface area contributed by atoms with Gasteiger partial charge < -0.3 is 9.05 Å². The van der Waals surface area contributed by atoms with Crippen LogP contribution in [0.1, 0.15) is 19.4 Å². The number of hydrogen-bond acceptors (Lipinski definition) is 7. The van der Waals surface area contributed by atoms with Crippen molar-refractivity contribution in [1.29, 1.82) is 0 Å². The molecule has 0 spiro atoms. The van der Waals surface area contributed by atoms with Crippen LogP contribution in [0, 0.1) is 10.1 Å². The predicted molar refractivity (Wildman–Crippen MR) is 106 cm³/mol. The molecular formula is C18H19N2O5PS. The maximum Gasteiger partial charge on any atom is 0.335 e. The summed E-state index contributed by atoms with van der Waals surface area (Å²) in [5.41, 5.74) is 2.52. The second-order valence-corrected chi connectivity index (χ2v) is 8.81. The van der Waals surface area contributed by atoms with Crippen molar-refractivity contribution in [2.24, 2.45) is 0 Å². The van der Waals surface area contributed by atoms with Gasteiger partial charge in [-0.25, -0.2) is 4.98 Å². The number of fused-ring (bicyclic) bond motifs is 1. The van der Waals surface area contributed by atoms with Crippen LogP contribution in [0.15, 0.2) is 42.5 Å². The van der Waals surface area contributed by atoms with Gasteiger partial charge in [-0.05, 0) is 25.5 Å². The molecule has 0 N–H and O–H groups in total. The van der Waals surface area contributed by atoms with Crippen molar-refractivity contribution in [2.75, 3.05) is 13.2 Å². The maximum absolute atomic E-state index is 12.6. The zero-order valence-electron chi connectivity index (χ0n) is 15.0. The third-order valence-electron chi connectivity index (χ3n) is 3.81. The number of hydrogen-bond donors (Lipinski definition) is 0. The Labute approximate surface area is 160 Å². The predicted octanol–water partition coefficient (Wildman–Crippen LogP) is 5.64. The van der Waals surface area contributed by atoms with Crippen molar-refractivity contribution in [3.8, 4) is 10.6 Å². The zero-order valence-corrected chi connectivity index (χ0v) is 16.7. The van der Waals surface area contributed by atoms with Crippen molar-refractivity contribution < 1.29 is 18.5 Å². The Morgan fingerprint density at radius 1 is 1.11 bits per heavy atom. The molecule has 142 valence electrons. The van der Waals surface area contributed by atoms with Crippen molar-refractivity contribution in [3.63, 3.8) is 0 Å². The first kappa shape index (κ1) is 19.6. The Balaban J connectivity index is 1.83. The van der Waals surface area contributed by atoms with Gasteiger partial charge in [0.15, 0.2) is 0 Å². The van der Waals surface area contributed by atoms with Gasteiger partial charge in [0.05, 0.1) is 34.5 Å². The van der Waals surface area contributed by atoms with Crippen LogP contribution in [0.3, 0.4) is 0 Å². The smallest absolute Gasteiger partial charge is 0.309 e. The van der Waals surface area contributed by atoms with Crippen molar-refractivity contribution in [3.05, 3.63) is 58.1 Å². The molecule has 1 aromatic heterocycles. The fourth-order valence-corrected chi connectivity index (χ4v) is 5.35. The van der Waals surface area contributed by atoms with Gasteiger partial charge in [-0.15, -0.1) is 11.3 Å². The molecule has 0 aliphatic rings. The van der Waals surface area contributed by atoms with E-state index in [1.54, 1.807) is 19.9 Å². The molecule has 0 atom stereocenters. The summed E-state index contributed by atoms with van der Waals surface area (Å²) in [5.74, 6) is 0. The highest BCUT2D eigenvalue weighted by Crippen LogP contribution is 2.51. The number of nitro groups is 1. The average molecular weight is 406 g/mol. The first-order valence-corrected chi connectivity index (χ1v) is 11.0. The number of thiazole rings is 1. The molecule has 0 unspecified atom stereocenters. The Kier molecular flexibility index (Phi) is 6.01. The third kappa shape index (κ3) is 4.59. The van der Waals surface area contributed by atoms with Crippen LogP contribution in [-0.4, -0.2) is 23.1 Å². The Morgan fingerprint density at radius 3 is 2.37 bits per heavy atom. The number of nitro benzene ring substituents is 1. The SMILES string of the molecule is CCOP(=O)(Cc1ccc(-c2nc3ccc([N+](=O)[O-])cc3s2)cc1)OCC. The molecule has 7 nitrogen and oxygen atoms in total. The van der Waals surface area contributed by atoms with Gasteiger partial charge in [0.25, 0.3) is 5.69 Å². The molecule has 3 aromatic rings. The summed E-state index contributed by atoms with van der Waals surface area (Å²) >= 11 is 1.40. The molecule has 3 rings (SSSR count). The van der Waals surface area contributed by atoms with Gasteiger partial charge in [-0.1, -0.05) is 24.3 Å². The lowest BCUT2D eigenvalue weighted by atomic mass is 10.2. The number of aromatic nitrogens is 1. The Morgan fingerprint density at radius 2 is 1.78 bits per heavy atom. The van der Waals surface area contributed by atoms with E-state index in [-0.39, 0.29) is 11.8 Å². The highest BCUT2D eigenvalue weighted by atomic mass is 32.1. The van der Waals surface area contributed by atoms with Crippen LogP contribution in [-0.2, 0) is 19.8 Å². The van der Waals surface area contributed by atoms with Gasteiger partial charge in [0.2, 0.25) is 0 Å². The van der Waals surface area contributed by atoms with Crippen LogP contribution >= 0.6 is 18.9 Å². The molecule has 2 aromatic carbocycles. The second-order valence-electron chi connectivity index (χ2n) is 5.73. The molecule has 0 saturated heterocycles. The zero-order chi connectivity index (χ0) is 19.4. The van der Waals surface area contributed by atoms with Gasteiger partial charge in [-0.3, -0.25) is 14.7 Å². The molecule has 0 aliphatic heterocycles. The van der Waals surface area contributed by atoms with Crippen molar-refractivity contribution in [1.82, 2.24) is 4.98 Å². The van der Waals surface area contributed by atoms with E-state index in [0.717, 1.165) is 26.4 Å². The normalized spacial score (nSPS) is 11.8. The third-order valence-corrected chi connectivity index (χ3v) is 6.93. The summed E-state index contributed by atoms with van der Waals surface area (Å²) in [6.07, 6.45) is 0.209. The molecule has 27 heavy (non-hydrogen) atoms. The number of nitrogens with zero attached hydrogens (tertiary/aromatic N) is 2. The highest BCUT2D eigenvalue weighted by molar-refractivity contribution is 7.53. The van der Waals surface area contributed by atoms with E-state index in [0.29, 0.717) is 13.2 Å². The van der Waals surface area contributed by atoms with Gasteiger partial charge in [0, 0.05) is 17.7 Å². The summed E-state index contributed by atoms with van der Waals surface area (Å²) < 4.78 is 24.1. The minimum atomic E-state index is -3.14. The molecule has 0 aliphatic carbocycles. The second kappa shape index (κ2) is 8.27. The lowest BCUT2D eigenvalue weighted by Gasteiger charge is -2.17. The fourth-order valence-electron chi connectivity index (χ4n) is 2.65. The van der Waals surface area contributed by atoms with Crippen molar-refractivity contribution in [2.45, 2.75) is 20.0 Å². The molecule has 0 amide bonds. The largest absolute Gasteiger partial charge is 0.335 e. The van der Waals surface area contributed by atoms with Crippen LogP contribution < -0.4 is 0 Å². The van der Waals surface area contributed by atoms with E-state index in [1.807, 2.05) is 24.3 Å². The van der Waals surface area contributed by atoms with Gasteiger partial charge in [-0.2, -0.15) is 0 Å². The van der Waals surface area contributed by atoms with E-state index in [9.17, 15) is 14.7 Å². The lowest BCUT2D eigenvalue weighted by Crippen LogP contribution is -1.99. The molecule has 0 radical (unpaired) electrons. The summed E-state index contributed by atoms with van der Waals surface area (Å²) in [6, 6.07) is 12.2. The average Bonchev–Trinajstić information content (AvgIpc) is 3.05. The van der Waals surface area contributed by atoms with Gasteiger partial charge >= 0.3 is 7.60 Å². The minimum absolute atomic E-state index is 0.0515. The number of non-ortho nitro benzene ring substituents is 1. The summed E-state index contributed by atoms with van der Waals surface area (Å²) in [4.78, 5) is 15.0. The summed E-state index contributed by atoms with van der Waals surface area (Å²) in [6.45, 7) is 4.22. The van der Waals surface area contributed by atoms with E-state index in [2.05, 4.69) is 4.98 Å². The first-order valence-electron chi connectivity index (χ1n) is 8.46. The minimum Gasteiger partial charge on any atom is -0.309 e. The summed E-state index contributed by atoms with van der Waals surface area (Å²) in [7, 11) is -3.14. The monoisotopic (exact) mass is 406 g/mol. The topological polar surface area (TPSA) is 91.6 Å². The molecular weight excluding hydrogens is 387 g/mol. The Bertz CT molecular complexity index is 993. The van der Waals surface area contributed by atoms with Crippen LogP contribution in [0.2, 0.25) is 0 Å². The van der Waals surface area contributed by atoms with E-state index < -0.39 is 12.5 Å². The number of benzene rings is 2. The standard InChI is InChI=1S/C18H19N2O5PS/c1-3-24-26(23,25-4-2)12-13-5-7-14(8-6-13)18-19-16-10-9-15(20(21)22)11-17(16)27-18/h5-11H,3-4,12H2,1-2H3. The van der Waals surface area contributed by atoms with Crippen LogP contribution in [0.4, 0.5) is 5.69 Å². The van der Waals surface area contributed by atoms with Crippen LogP contribution in [0.25, 0.3) is 20.8 Å². The molecule has 9 heteroatoms. The van der Waals surface area contributed by atoms with Crippen LogP contribution in [0.5, 0.6) is 0 Å². The fraction of sp³-hybridized carbons (Fsp3) is 0.278. The molecule has 1 heterocycles. The molecule has 0 fully saturated rings. The number of rotatable bonds is 8. The van der Waals surface area contributed by atoms with E-state index in [4.69, 9.17) is 9.05 Å². The molecule has 0 saturated carbocycles. The highest BCUT2D eigenvalue weighted by Gasteiger charge is 2.24. The Hall–Kier alpha value is -2.12. The van der Waals surface area contributed by atoms with E-state index in [1.165, 1.54) is 23.5 Å². The maximum atomic E-state index is 12.6.